The van der Waals surface area contributed by atoms with E-state index in [0.29, 0.717) is 0 Å². The minimum absolute atomic E-state index is 0.0919. The van der Waals surface area contributed by atoms with Gasteiger partial charge in [0.15, 0.2) is 0 Å². The van der Waals surface area contributed by atoms with E-state index in [1.807, 2.05) is 0 Å². The van der Waals surface area contributed by atoms with Crippen LogP contribution in [0, 0.1) is 0 Å². The third-order valence-corrected chi connectivity index (χ3v) is 2.06. The standard InChI is InChI=1S/C13H16O8/c1-4-9(12(18)19)13(20-10(16)5-7(2)14)21-11(17)6-8(3)15/h4-6H2,1-3H3,(H,18,19). The van der Waals surface area contributed by atoms with E-state index in [0.717, 1.165) is 13.8 Å². The monoisotopic (exact) mass is 300 g/mol. The van der Waals surface area contributed by atoms with Crippen molar-refractivity contribution in [3.05, 3.63) is 11.5 Å². The van der Waals surface area contributed by atoms with E-state index in [2.05, 4.69) is 9.47 Å². The van der Waals surface area contributed by atoms with Crippen LogP contribution in [0.3, 0.4) is 0 Å². The number of hydrogen-bond donors (Lipinski definition) is 1. The number of rotatable bonds is 8. The number of hydrogen-bond acceptors (Lipinski definition) is 7. The van der Waals surface area contributed by atoms with Crippen LogP contribution in [-0.2, 0) is 33.4 Å². The lowest BCUT2D eigenvalue weighted by atomic mass is 10.2. The molecule has 0 radical (unpaired) electrons. The summed E-state index contributed by atoms with van der Waals surface area (Å²) in [5, 5.41) is 8.96. The highest BCUT2D eigenvalue weighted by Crippen LogP contribution is 2.14. The number of carboxylic acid groups (broad SMARTS) is 1. The lowest BCUT2D eigenvalue weighted by Gasteiger charge is -2.11. The second-order valence-electron chi connectivity index (χ2n) is 4.13. The van der Waals surface area contributed by atoms with Crippen molar-refractivity contribution < 1.29 is 38.6 Å². The van der Waals surface area contributed by atoms with Gasteiger partial charge in [-0.3, -0.25) is 19.2 Å². The minimum atomic E-state index is -1.45. The molecular formula is C13H16O8. The zero-order valence-electron chi connectivity index (χ0n) is 11.9. The Labute approximate surface area is 120 Å². The lowest BCUT2D eigenvalue weighted by molar-refractivity contribution is -0.155. The normalized spacial score (nSPS) is 9.48. The van der Waals surface area contributed by atoms with E-state index in [1.165, 1.54) is 6.92 Å². The van der Waals surface area contributed by atoms with Crippen LogP contribution in [0.25, 0.3) is 0 Å². The van der Waals surface area contributed by atoms with E-state index >= 15 is 0 Å². The van der Waals surface area contributed by atoms with Crippen LogP contribution in [0.1, 0.15) is 40.0 Å². The average molecular weight is 300 g/mol. The summed E-state index contributed by atoms with van der Waals surface area (Å²) in [6.07, 6.45) is -1.28. The molecule has 0 rings (SSSR count). The number of aliphatic carboxylic acids is 1. The number of ether oxygens (including phenoxy) is 2. The number of carboxylic acids is 1. The van der Waals surface area contributed by atoms with Gasteiger partial charge in [-0.05, 0) is 20.3 Å². The summed E-state index contributed by atoms with van der Waals surface area (Å²) in [7, 11) is 0. The maximum atomic E-state index is 11.4. The molecule has 0 aliphatic carbocycles. The van der Waals surface area contributed by atoms with Gasteiger partial charge < -0.3 is 14.6 Å². The summed E-state index contributed by atoms with van der Waals surface area (Å²) >= 11 is 0. The second kappa shape index (κ2) is 8.62. The Morgan fingerprint density at radius 3 is 1.48 bits per heavy atom. The molecule has 0 bridgehead atoms. The van der Waals surface area contributed by atoms with Crippen molar-refractivity contribution in [2.75, 3.05) is 0 Å². The topological polar surface area (TPSA) is 124 Å². The summed E-state index contributed by atoms with van der Waals surface area (Å²) in [5.41, 5.74) is -0.455. The highest BCUT2D eigenvalue weighted by atomic mass is 16.7. The predicted octanol–water partition coefficient (Wildman–Crippen LogP) is 0.737. The number of Topliss-reactive ketones (excluding diaryl/α,β-unsaturated/α-hetero) is 2. The number of ketones is 2. The van der Waals surface area contributed by atoms with Crippen molar-refractivity contribution in [1.82, 2.24) is 0 Å². The van der Waals surface area contributed by atoms with E-state index < -0.39 is 53.8 Å². The van der Waals surface area contributed by atoms with Gasteiger partial charge in [-0.25, -0.2) is 4.79 Å². The van der Waals surface area contributed by atoms with Gasteiger partial charge in [-0.1, -0.05) is 6.92 Å². The first-order chi connectivity index (χ1) is 9.67. The molecule has 1 N–H and O–H groups in total. The Morgan fingerprint density at radius 2 is 1.24 bits per heavy atom. The fourth-order valence-electron chi connectivity index (χ4n) is 1.21. The second-order valence-corrected chi connectivity index (χ2v) is 4.13. The zero-order valence-corrected chi connectivity index (χ0v) is 11.9. The minimum Gasteiger partial charge on any atom is -0.478 e. The summed E-state index contributed by atoms with van der Waals surface area (Å²) in [6.45, 7) is 3.73. The Morgan fingerprint density at radius 1 is 0.857 bits per heavy atom. The molecule has 21 heavy (non-hydrogen) atoms. The van der Waals surface area contributed by atoms with Crippen molar-refractivity contribution in [3.8, 4) is 0 Å². The molecular weight excluding hydrogens is 284 g/mol. The average Bonchev–Trinajstić information content (AvgIpc) is 2.25. The predicted molar refractivity (Wildman–Crippen MR) is 67.7 cm³/mol. The molecule has 0 heterocycles. The van der Waals surface area contributed by atoms with Crippen molar-refractivity contribution in [2.24, 2.45) is 0 Å². The van der Waals surface area contributed by atoms with Gasteiger partial charge in [0.05, 0.1) is 0 Å². The van der Waals surface area contributed by atoms with Crippen LogP contribution in [-0.4, -0.2) is 34.6 Å². The largest absolute Gasteiger partial charge is 0.478 e. The maximum absolute atomic E-state index is 11.4. The van der Waals surface area contributed by atoms with E-state index in [4.69, 9.17) is 5.11 Å². The fourth-order valence-corrected chi connectivity index (χ4v) is 1.21. The van der Waals surface area contributed by atoms with Crippen LogP contribution >= 0.6 is 0 Å². The molecule has 0 aromatic rings. The van der Waals surface area contributed by atoms with Gasteiger partial charge in [0, 0.05) is 0 Å². The molecule has 0 aromatic heterocycles. The van der Waals surface area contributed by atoms with E-state index in [-0.39, 0.29) is 6.42 Å². The molecule has 0 aliphatic rings. The van der Waals surface area contributed by atoms with Gasteiger partial charge in [-0.15, -0.1) is 0 Å². The lowest BCUT2D eigenvalue weighted by Crippen LogP contribution is -2.18. The van der Waals surface area contributed by atoms with Gasteiger partial charge >= 0.3 is 23.9 Å². The van der Waals surface area contributed by atoms with Crippen LogP contribution in [0.4, 0.5) is 0 Å². The molecule has 0 unspecified atom stereocenters. The molecule has 8 nitrogen and oxygen atoms in total. The van der Waals surface area contributed by atoms with Crippen LogP contribution in [0.5, 0.6) is 0 Å². The Kier molecular flexibility index (Phi) is 7.59. The number of carbonyl (C=O) groups is 5. The first-order valence-electron chi connectivity index (χ1n) is 6.04. The number of esters is 2. The fraction of sp³-hybridized carbons (Fsp3) is 0.462. The quantitative estimate of drug-likeness (QED) is 0.301. The van der Waals surface area contributed by atoms with Gasteiger partial charge in [0.1, 0.15) is 30.0 Å². The molecule has 116 valence electrons. The van der Waals surface area contributed by atoms with Crippen molar-refractivity contribution in [1.29, 1.82) is 0 Å². The maximum Gasteiger partial charge on any atom is 0.338 e. The summed E-state index contributed by atoms with van der Waals surface area (Å²) in [5.74, 6) is -5.37. The van der Waals surface area contributed by atoms with E-state index in [9.17, 15) is 24.0 Å². The van der Waals surface area contributed by atoms with Crippen LogP contribution in [0.2, 0.25) is 0 Å². The molecule has 0 amide bonds. The third-order valence-electron chi connectivity index (χ3n) is 2.06. The van der Waals surface area contributed by atoms with Crippen molar-refractivity contribution in [2.45, 2.75) is 40.0 Å². The summed E-state index contributed by atoms with van der Waals surface area (Å²) in [6, 6.07) is 0. The molecule has 0 aliphatic heterocycles. The first kappa shape index (κ1) is 18.5. The summed E-state index contributed by atoms with van der Waals surface area (Å²) in [4.78, 5) is 55.4. The molecule has 0 atom stereocenters. The highest BCUT2D eigenvalue weighted by molar-refractivity contribution is 5.96. The van der Waals surface area contributed by atoms with Crippen LogP contribution in [0.15, 0.2) is 11.5 Å². The zero-order chi connectivity index (χ0) is 16.6. The molecule has 0 saturated carbocycles. The third kappa shape index (κ3) is 7.61. The Hall–Kier alpha value is -2.51. The molecule has 0 aromatic carbocycles. The van der Waals surface area contributed by atoms with Crippen LogP contribution < -0.4 is 0 Å². The molecule has 0 saturated heterocycles. The van der Waals surface area contributed by atoms with Crippen molar-refractivity contribution >= 4 is 29.5 Å². The Balaban J connectivity index is 5.24. The Bertz CT molecular complexity index is 468. The van der Waals surface area contributed by atoms with Gasteiger partial charge in [0.25, 0.3) is 0 Å². The van der Waals surface area contributed by atoms with Gasteiger partial charge in [0.2, 0.25) is 0 Å². The first-order valence-corrected chi connectivity index (χ1v) is 6.04. The molecule has 0 fully saturated rings. The SMILES string of the molecule is CCC(C(=O)O)=C(OC(=O)CC(C)=O)OC(=O)CC(C)=O. The van der Waals surface area contributed by atoms with Crippen molar-refractivity contribution in [3.63, 3.8) is 0 Å². The molecule has 0 spiro atoms. The van der Waals surface area contributed by atoms with Gasteiger partial charge in [-0.2, -0.15) is 0 Å². The smallest absolute Gasteiger partial charge is 0.338 e. The summed E-state index contributed by atoms with van der Waals surface area (Å²) < 4.78 is 9.23. The number of carbonyl (C=O) groups excluding carboxylic acids is 4. The highest BCUT2D eigenvalue weighted by Gasteiger charge is 2.23. The molecule has 8 heteroatoms. The van der Waals surface area contributed by atoms with E-state index in [1.54, 1.807) is 0 Å².